The second kappa shape index (κ2) is 7.99. The Morgan fingerprint density at radius 3 is 2.44 bits per heavy atom. The van der Waals surface area contributed by atoms with Crippen LogP contribution in [-0.2, 0) is 4.79 Å². The highest BCUT2D eigenvalue weighted by atomic mass is 32.2. The summed E-state index contributed by atoms with van der Waals surface area (Å²) < 4.78 is 12.5. The molecule has 1 amide bonds. The van der Waals surface area contributed by atoms with Crippen molar-refractivity contribution in [1.29, 1.82) is 0 Å². The number of methoxy groups -OCH3 is 2. The lowest BCUT2D eigenvalue weighted by Crippen LogP contribution is -2.31. The quantitative estimate of drug-likeness (QED) is 0.454. The van der Waals surface area contributed by atoms with E-state index >= 15 is 0 Å². The highest BCUT2D eigenvalue weighted by Gasteiger charge is 2.18. The number of ether oxygens (including phenoxy) is 2. The zero-order valence-corrected chi connectivity index (χ0v) is 17.0. The Bertz CT molecular complexity index is 984. The summed E-state index contributed by atoms with van der Waals surface area (Å²) >= 11 is 1.35. The first-order chi connectivity index (χ1) is 13.0. The normalized spacial score (nSPS) is 11.1. The van der Waals surface area contributed by atoms with Crippen molar-refractivity contribution in [2.75, 3.05) is 33.1 Å². The largest absolute Gasteiger partial charge is 0.493 e. The molecule has 8 nitrogen and oxygen atoms in total. The molecular formula is C18H23N5O3S. The number of fused-ring (bicyclic) bond motifs is 3. The minimum atomic E-state index is 0.0733. The number of hydrogen-bond acceptors (Lipinski definition) is 7. The molecule has 0 spiro atoms. The van der Waals surface area contributed by atoms with Gasteiger partial charge < -0.3 is 14.4 Å². The van der Waals surface area contributed by atoms with Gasteiger partial charge in [-0.05, 0) is 26.8 Å². The van der Waals surface area contributed by atoms with E-state index in [0.29, 0.717) is 52.5 Å². The van der Waals surface area contributed by atoms with Crippen molar-refractivity contribution in [3.8, 4) is 11.5 Å². The number of aromatic nitrogens is 4. The van der Waals surface area contributed by atoms with Crippen molar-refractivity contribution in [2.45, 2.75) is 25.9 Å². The molecule has 0 radical (unpaired) electrons. The van der Waals surface area contributed by atoms with Crippen LogP contribution in [0, 0.1) is 6.92 Å². The fourth-order valence-corrected chi connectivity index (χ4v) is 3.75. The fraction of sp³-hybridized carbons (Fsp3) is 0.444. The van der Waals surface area contributed by atoms with Crippen molar-refractivity contribution in [3.63, 3.8) is 0 Å². The molecule has 0 aliphatic rings. The monoisotopic (exact) mass is 389 g/mol. The Morgan fingerprint density at radius 2 is 1.81 bits per heavy atom. The number of carbonyl (C=O) groups is 1. The van der Waals surface area contributed by atoms with Gasteiger partial charge in [-0.2, -0.15) is 4.52 Å². The maximum Gasteiger partial charge on any atom is 0.233 e. The number of amides is 1. The van der Waals surface area contributed by atoms with E-state index in [-0.39, 0.29) is 5.91 Å². The summed E-state index contributed by atoms with van der Waals surface area (Å²) in [5.41, 5.74) is 1.39. The van der Waals surface area contributed by atoms with Gasteiger partial charge in [-0.3, -0.25) is 4.79 Å². The van der Waals surface area contributed by atoms with Gasteiger partial charge >= 0.3 is 0 Å². The Kier molecular flexibility index (Phi) is 5.69. The van der Waals surface area contributed by atoms with Crippen LogP contribution in [0.1, 0.15) is 19.7 Å². The molecule has 2 aromatic heterocycles. The summed E-state index contributed by atoms with van der Waals surface area (Å²) in [5, 5.41) is 5.88. The van der Waals surface area contributed by atoms with Gasteiger partial charge in [0.05, 0.1) is 25.5 Å². The van der Waals surface area contributed by atoms with E-state index in [1.54, 1.807) is 23.6 Å². The third kappa shape index (κ3) is 3.64. The van der Waals surface area contributed by atoms with Crippen LogP contribution in [-0.4, -0.2) is 63.5 Å². The molecule has 3 aromatic rings. The molecule has 0 bridgehead atoms. The average molecular weight is 389 g/mol. The van der Waals surface area contributed by atoms with Gasteiger partial charge in [-0.1, -0.05) is 11.8 Å². The fourth-order valence-electron chi connectivity index (χ4n) is 2.90. The van der Waals surface area contributed by atoms with E-state index in [9.17, 15) is 4.79 Å². The van der Waals surface area contributed by atoms with Crippen LogP contribution in [0.3, 0.4) is 0 Å². The first-order valence-electron chi connectivity index (χ1n) is 8.72. The molecule has 0 aliphatic carbocycles. The summed E-state index contributed by atoms with van der Waals surface area (Å²) in [6.07, 6.45) is 0. The smallest absolute Gasteiger partial charge is 0.233 e. The van der Waals surface area contributed by atoms with Crippen molar-refractivity contribution < 1.29 is 14.3 Å². The lowest BCUT2D eigenvalue weighted by Gasteiger charge is -2.18. The molecule has 0 unspecified atom stereocenters. The minimum Gasteiger partial charge on any atom is -0.493 e. The lowest BCUT2D eigenvalue weighted by molar-refractivity contribution is -0.127. The Labute approximate surface area is 161 Å². The molecule has 0 aliphatic heterocycles. The molecule has 0 atom stereocenters. The lowest BCUT2D eigenvalue weighted by atomic mass is 10.2. The van der Waals surface area contributed by atoms with E-state index in [2.05, 4.69) is 10.1 Å². The highest BCUT2D eigenvalue weighted by molar-refractivity contribution is 7.99. The first-order valence-corrected chi connectivity index (χ1v) is 9.70. The van der Waals surface area contributed by atoms with Crippen LogP contribution >= 0.6 is 11.8 Å². The van der Waals surface area contributed by atoms with Gasteiger partial charge in [-0.15, -0.1) is 5.10 Å². The average Bonchev–Trinajstić information content (AvgIpc) is 3.07. The molecule has 144 valence electrons. The van der Waals surface area contributed by atoms with E-state index in [4.69, 9.17) is 14.5 Å². The Balaban J connectivity index is 2.07. The number of thioether (sulfide) groups is 1. The molecule has 2 heterocycles. The second-order valence-corrected chi connectivity index (χ2v) is 6.81. The van der Waals surface area contributed by atoms with E-state index < -0.39 is 0 Å². The summed E-state index contributed by atoms with van der Waals surface area (Å²) in [6.45, 7) is 7.15. The van der Waals surface area contributed by atoms with Gasteiger partial charge in [0.2, 0.25) is 5.91 Å². The third-order valence-corrected chi connectivity index (χ3v) is 5.21. The molecule has 9 heteroatoms. The van der Waals surface area contributed by atoms with Crippen LogP contribution in [0.4, 0.5) is 0 Å². The number of aryl methyl sites for hydroxylation is 1. The van der Waals surface area contributed by atoms with Crippen molar-refractivity contribution in [3.05, 3.63) is 18.0 Å². The SMILES string of the molecule is CCN(CC)C(=O)CSc1nc2cc(OC)c(OC)cc2c2nc(C)nn12. The van der Waals surface area contributed by atoms with Gasteiger partial charge in [0.25, 0.3) is 0 Å². The molecule has 1 aromatic carbocycles. The number of benzene rings is 1. The molecule has 27 heavy (non-hydrogen) atoms. The topological polar surface area (TPSA) is 81.9 Å². The third-order valence-electron chi connectivity index (χ3n) is 4.29. The van der Waals surface area contributed by atoms with E-state index in [0.717, 1.165) is 5.39 Å². The van der Waals surface area contributed by atoms with Crippen molar-refractivity contribution in [1.82, 2.24) is 24.5 Å². The molecule has 0 saturated carbocycles. The number of hydrogen-bond donors (Lipinski definition) is 0. The summed E-state index contributed by atoms with van der Waals surface area (Å²) in [5.74, 6) is 2.20. The van der Waals surface area contributed by atoms with Gasteiger partial charge in [0.15, 0.2) is 22.3 Å². The van der Waals surface area contributed by atoms with Gasteiger partial charge in [-0.25, -0.2) is 9.97 Å². The van der Waals surface area contributed by atoms with E-state index in [1.165, 1.54) is 11.8 Å². The highest BCUT2D eigenvalue weighted by Crippen LogP contribution is 2.34. The van der Waals surface area contributed by atoms with Gasteiger partial charge in [0.1, 0.15) is 5.82 Å². The first kappa shape index (κ1) is 19.2. The van der Waals surface area contributed by atoms with Crippen molar-refractivity contribution >= 4 is 34.2 Å². The summed E-state index contributed by atoms with van der Waals surface area (Å²) in [6, 6.07) is 3.66. The van der Waals surface area contributed by atoms with E-state index in [1.807, 2.05) is 32.9 Å². The van der Waals surface area contributed by atoms with Crippen molar-refractivity contribution in [2.24, 2.45) is 0 Å². The number of rotatable bonds is 7. The molecule has 0 fully saturated rings. The summed E-state index contributed by atoms with van der Waals surface area (Å²) in [7, 11) is 3.17. The maximum absolute atomic E-state index is 12.4. The Hall–Kier alpha value is -2.55. The number of carbonyl (C=O) groups excluding carboxylic acids is 1. The molecular weight excluding hydrogens is 366 g/mol. The van der Waals surface area contributed by atoms with Crippen LogP contribution in [0.5, 0.6) is 11.5 Å². The van der Waals surface area contributed by atoms with Crippen LogP contribution in [0.25, 0.3) is 16.6 Å². The zero-order chi connectivity index (χ0) is 19.6. The predicted molar refractivity (Wildman–Crippen MR) is 105 cm³/mol. The van der Waals surface area contributed by atoms with Crippen LogP contribution in [0.2, 0.25) is 0 Å². The molecule has 0 saturated heterocycles. The number of nitrogens with zero attached hydrogens (tertiary/aromatic N) is 5. The summed E-state index contributed by atoms with van der Waals surface area (Å²) in [4.78, 5) is 23.4. The Morgan fingerprint density at radius 1 is 1.15 bits per heavy atom. The molecule has 3 rings (SSSR count). The molecule has 0 N–H and O–H groups in total. The zero-order valence-electron chi connectivity index (χ0n) is 16.1. The van der Waals surface area contributed by atoms with Crippen LogP contribution < -0.4 is 9.47 Å². The standard InChI is InChI=1S/C18H23N5O3S/c1-6-22(7-2)16(24)10-27-18-20-13-9-15(26-5)14(25-4)8-12(13)17-19-11(3)21-23(17)18/h8-9H,6-7,10H2,1-5H3. The minimum absolute atomic E-state index is 0.0733. The maximum atomic E-state index is 12.4. The predicted octanol–water partition coefficient (Wildman–Crippen LogP) is 2.56. The second-order valence-electron chi connectivity index (χ2n) is 5.87. The van der Waals surface area contributed by atoms with Gasteiger partial charge in [0, 0.05) is 24.5 Å². The van der Waals surface area contributed by atoms with Crippen LogP contribution in [0.15, 0.2) is 17.3 Å².